The van der Waals surface area contributed by atoms with Crippen molar-refractivity contribution in [3.63, 3.8) is 0 Å². The lowest BCUT2D eigenvalue weighted by molar-refractivity contribution is 0.601. The molecule has 2 aliphatic rings. The number of hydrogen-bond donors (Lipinski definition) is 1. The van der Waals surface area contributed by atoms with Crippen molar-refractivity contribution in [3.8, 4) is 5.69 Å². The molecule has 168 valence electrons. The molecule has 10 heteroatoms. The predicted octanol–water partition coefficient (Wildman–Crippen LogP) is 4.44. The van der Waals surface area contributed by atoms with Crippen LogP contribution in [0.2, 0.25) is 0 Å². The van der Waals surface area contributed by atoms with Crippen LogP contribution in [0.4, 0.5) is 5.82 Å². The number of aryl methyl sites for hydroxylation is 3. The molecule has 4 rings (SSSR count). The predicted molar refractivity (Wildman–Crippen MR) is 130 cm³/mol. The average Bonchev–Trinajstić information content (AvgIpc) is 3.37. The van der Waals surface area contributed by atoms with Crippen LogP contribution in [-0.2, 0) is 16.6 Å². The smallest absolute Gasteiger partial charge is 0.354 e. The van der Waals surface area contributed by atoms with Crippen molar-refractivity contribution in [1.82, 2.24) is 14.1 Å². The summed E-state index contributed by atoms with van der Waals surface area (Å²) in [5.41, 5.74) is 1.76. The van der Waals surface area contributed by atoms with Gasteiger partial charge in [0.2, 0.25) is 0 Å². The van der Waals surface area contributed by atoms with E-state index in [1.54, 1.807) is 47.4 Å². The molecule has 1 aromatic heterocycles. The van der Waals surface area contributed by atoms with Gasteiger partial charge in [0, 0.05) is 35.3 Å². The third kappa shape index (κ3) is 4.62. The molecule has 3 heterocycles. The van der Waals surface area contributed by atoms with Gasteiger partial charge in [0.1, 0.15) is 5.69 Å². The van der Waals surface area contributed by atoms with Gasteiger partial charge in [0.25, 0.3) is 10.0 Å². The Bertz CT molecular complexity index is 1350. The molecule has 0 unspecified atom stereocenters. The van der Waals surface area contributed by atoms with E-state index in [-0.39, 0.29) is 10.7 Å². The van der Waals surface area contributed by atoms with E-state index in [1.165, 1.54) is 4.57 Å². The number of nitrogens with zero attached hydrogens (tertiary/aromatic N) is 3. The fourth-order valence-electron chi connectivity index (χ4n) is 3.32. The van der Waals surface area contributed by atoms with Gasteiger partial charge in [-0.2, -0.15) is 4.98 Å². The molecule has 0 saturated carbocycles. The number of sulfonamides is 1. The third-order valence-electron chi connectivity index (χ3n) is 5.15. The standard InChI is InChI=1S/C22H24N4O3S3/c1-15-7-9-18(10-8-15)32(28,29)24-20-19-21(30-14-6-13-25-11-4-5-12-25)31-17(3)16(2)26(19)22(27)23-20/h4-5,7-12H,6,13-14H2,1-3H3,(H,23,24,27). The topological polar surface area (TPSA) is 86.0 Å². The highest BCUT2D eigenvalue weighted by molar-refractivity contribution is 8.01. The molecule has 0 aliphatic carbocycles. The van der Waals surface area contributed by atoms with Crippen molar-refractivity contribution in [3.05, 3.63) is 75.4 Å². The van der Waals surface area contributed by atoms with Crippen molar-refractivity contribution < 1.29 is 8.42 Å². The number of thioether (sulfide) groups is 1. The van der Waals surface area contributed by atoms with Crippen LogP contribution in [0, 0.1) is 20.8 Å². The Balaban J connectivity index is 1.65. The van der Waals surface area contributed by atoms with Crippen LogP contribution in [0.15, 0.2) is 62.7 Å². The third-order valence-corrected chi connectivity index (χ3v) is 9.04. The highest BCUT2D eigenvalue weighted by Gasteiger charge is 2.26. The largest absolute Gasteiger partial charge is 0.354 e. The molecule has 1 N–H and O–H groups in total. The van der Waals surface area contributed by atoms with E-state index < -0.39 is 15.7 Å². The van der Waals surface area contributed by atoms with Crippen LogP contribution >= 0.6 is 23.1 Å². The van der Waals surface area contributed by atoms with Crippen molar-refractivity contribution in [1.29, 1.82) is 0 Å². The maximum atomic E-state index is 13.0. The summed E-state index contributed by atoms with van der Waals surface area (Å²) in [5.74, 6) is 0.902. The van der Waals surface area contributed by atoms with E-state index in [0.29, 0.717) is 5.69 Å². The van der Waals surface area contributed by atoms with Gasteiger partial charge in [-0.05, 0) is 51.5 Å². The number of nitrogens with one attached hydrogen (secondary N) is 1. The van der Waals surface area contributed by atoms with Gasteiger partial charge in [-0.25, -0.2) is 13.2 Å². The molecule has 0 radical (unpaired) electrons. The van der Waals surface area contributed by atoms with Gasteiger partial charge in [-0.15, -0.1) is 23.1 Å². The lowest BCUT2D eigenvalue weighted by Crippen LogP contribution is -2.17. The Kier molecular flexibility index (Phi) is 6.45. The molecule has 0 bridgehead atoms. The summed E-state index contributed by atoms with van der Waals surface area (Å²) in [6.45, 7) is 6.59. The van der Waals surface area contributed by atoms with Crippen LogP contribution in [0.25, 0.3) is 5.69 Å². The summed E-state index contributed by atoms with van der Waals surface area (Å²) >= 11 is 3.17. The Morgan fingerprint density at radius 2 is 1.78 bits per heavy atom. The van der Waals surface area contributed by atoms with Gasteiger partial charge < -0.3 is 4.57 Å². The van der Waals surface area contributed by atoms with Gasteiger partial charge >= 0.3 is 5.69 Å². The molecule has 2 aromatic rings. The first-order valence-electron chi connectivity index (χ1n) is 10.1. The van der Waals surface area contributed by atoms with Crippen molar-refractivity contribution in [2.45, 2.75) is 42.8 Å². The van der Waals surface area contributed by atoms with Crippen molar-refractivity contribution in [2.75, 3.05) is 10.5 Å². The summed E-state index contributed by atoms with van der Waals surface area (Å²) in [7, 11) is -3.88. The van der Waals surface area contributed by atoms with Crippen molar-refractivity contribution >= 4 is 38.9 Å². The van der Waals surface area contributed by atoms with Crippen LogP contribution in [0.3, 0.4) is 0 Å². The zero-order valence-corrected chi connectivity index (χ0v) is 20.5. The second-order valence-electron chi connectivity index (χ2n) is 7.50. The first-order chi connectivity index (χ1) is 15.3. The second kappa shape index (κ2) is 9.13. The van der Waals surface area contributed by atoms with E-state index in [1.807, 2.05) is 45.3 Å². The molecular weight excluding hydrogens is 464 g/mol. The molecule has 0 saturated heterocycles. The van der Waals surface area contributed by atoms with Crippen LogP contribution in [0.1, 0.15) is 22.6 Å². The number of rotatable bonds is 8. The monoisotopic (exact) mass is 488 g/mol. The van der Waals surface area contributed by atoms with Crippen molar-refractivity contribution in [2.24, 2.45) is 0 Å². The Morgan fingerprint density at radius 1 is 1.09 bits per heavy atom. The lowest BCUT2D eigenvalue weighted by atomic mass is 10.2. The Labute approximate surface area is 195 Å². The fraction of sp³-hybridized carbons (Fsp3) is 0.273. The maximum absolute atomic E-state index is 13.0. The first kappa shape index (κ1) is 22.6. The Hall–Kier alpha value is -2.56. The van der Waals surface area contributed by atoms with E-state index in [2.05, 4.69) is 14.3 Å². The molecule has 0 fully saturated rings. The molecule has 7 nitrogen and oxygen atoms in total. The van der Waals surface area contributed by atoms with Gasteiger partial charge in [-0.1, -0.05) is 17.7 Å². The summed E-state index contributed by atoms with van der Waals surface area (Å²) in [4.78, 5) is 17.9. The highest BCUT2D eigenvalue weighted by Crippen LogP contribution is 2.38. The maximum Gasteiger partial charge on any atom is 0.354 e. The molecule has 0 spiro atoms. The molecule has 0 atom stereocenters. The summed E-state index contributed by atoms with van der Waals surface area (Å²) in [6.07, 6.45) is 4.99. The minimum Gasteiger partial charge on any atom is -0.354 e. The minimum absolute atomic E-state index is 0.0721. The number of hydrogen-bond acceptors (Lipinski definition) is 6. The van der Waals surface area contributed by atoms with Gasteiger partial charge in [0.05, 0.1) is 9.10 Å². The molecule has 2 aliphatic heterocycles. The fourth-order valence-corrected chi connectivity index (χ4v) is 6.78. The number of fused-ring (bicyclic) bond motifs is 1. The normalized spacial score (nSPS) is 11.8. The first-order valence-corrected chi connectivity index (χ1v) is 13.4. The van der Waals surface area contributed by atoms with Crippen LogP contribution in [-0.4, -0.2) is 28.3 Å². The van der Waals surface area contributed by atoms with E-state index in [0.717, 1.165) is 39.1 Å². The zero-order chi connectivity index (χ0) is 22.9. The number of imidazole rings is 1. The second-order valence-corrected chi connectivity index (χ2v) is 11.8. The van der Waals surface area contributed by atoms with E-state index in [9.17, 15) is 13.2 Å². The highest BCUT2D eigenvalue weighted by atomic mass is 32.2. The minimum atomic E-state index is -3.88. The quantitative estimate of drug-likeness (QED) is 0.293. The summed E-state index contributed by atoms with van der Waals surface area (Å²) in [5, 5.41) is 0. The van der Waals surface area contributed by atoms with E-state index >= 15 is 0 Å². The van der Waals surface area contributed by atoms with Crippen LogP contribution in [0.5, 0.6) is 0 Å². The molecule has 32 heavy (non-hydrogen) atoms. The Morgan fingerprint density at radius 3 is 2.47 bits per heavy atom. The SMILES string of the molecule is Cc1ccc(S(=O)(=O)Nc2nc(=O)n3c(C)c(C)sc(SCCCn4cccc4)c2-3)cc1. The zero-order valence-electron chi connectivity index (χ0n) is 18.0. The lowest BCUT2D eigenvalue weighted by Gasteiger charge is -2.16. The van der Waals surface area contributed by atoms with Gasteiger partial charge in [0.15, 0.2) is 5.82 Å². The van der Waals surface area contributed by atoms with Gasteiger partial charge in [-0.3, -0.25) is 9.29 Å². The number of aromatic nitrogens is 3. The number of benzene rings is 1. The van der Waals surface area contributed by atoms with E-state index in [4.69, 9.17) is 0 Å². The molecule has 1 aromatic carbocycles. The molecular formula is C22H24N4O3S3. The molecule has 0 amide bonds. The summed E-state index contributed by atoms with van der Waals surface area (Å²) < 4.78 is 33.0. The number of anilines is 1. The van der Waals surface area contributed by atoms with Crippen LogP contribution < -0.4 is 10.4 Å². The average molecular weight is 489 g/mol. The summed E-state index contributed by atoms with van der Waals surface area (Å²) in [6, 6.07) is 10.6.